The molecule has 1 aliphatic rings. The molecule has 1 aliphatic carbocycles. The fourth-order valence-corrected chi connectivity index (χ4v) is 3.37. The number of aromatic nitrogens is 3. The van der Waals surface area contributed by atoms with E-state index in [0.717, 1.165) is 5.69 Å². The molecule has 1 heterocycles. The summed E-state index contributed by atoms with van der Waals surface area (Å²) in [4.78, 5) is 24.6. The molecule has 26 heavy (non-hydrogen) atoms. The van der Waals surface area contributed by atoms with Crippen LogP contribution in [0.25, 0.3) is 5.69 Å². The molecule has 8 nitrogen and oxygen atoms in total. The Hall–Kier alpha value is -2.74. The fourth-order valence-electron chi connectivity index (χ4n) is 3.37. The van der Waals surface area contributed by atoms with Gasteiger partial charge < -0.3 is 15.2 Å². The highest BCUT2D eigenvalue weighted by molar-refractivity contribution is 5.97. The smallest absolute Gasteiger partial charge is 0.330 e. The number of carbonyl (C=O) groups excluding carboxylic acids is 1. The minimum atomic E-state index is -1.40. The number of amides is 1. The van der Waals surface area contributed by atoms with E-state index in [1.54, 1.807) is 13.8 Å². The predicted octanol–water partition coefficient (Wildman–Crippen LogP) is 1.66. The van der Waals surface area contributed by atoms with Gasteiger partial charge in [-0.25, -0.2) is 9.48 Å². The van der Waals surface area contributed by atoms with Gasteiger partial charge in [0.05, 0.1) is 18.0 Å². The van der Waals surface area contributed by atoms with Crippen LogP contribution in [-0.4, -0.2) is 50.2 Å². The number of ether oxygens (including phenoxy) is 1. The molecule has 1 aromatic heterocycles. The van der Waals surface area contributed by atoms with Gasteiger partial charge in [-0.05, 0) is 19.1 Å². The van der Waals surface area contributed by atoms with E-state index < -0.39 is 22.8 Å². The van der Waals surface area contributed by atoms with Gasteiger partial charge in [-0.15, -0.1) is 5.10 Å². The van der Waals surface area contributed by atoms with Crippen LogP contribution in [0.15, 0.2) is 36.5 Å². The van der Waals surface area contributed by atoms with E-state index in [9.17, 15) is 14.7 Å². The molecule has 138 valence electrons. The summed E-state index contributed by atoms with van der Waals surface area (Å²) in [5, 5.41) is 20.2. The van der Waals surface area contributed by atoms with Crippen molar-refractivity contribution >= 4 is 11.9 Å². The van der Waals surface area contributed by atoms with E-state index in [0.29, 0.717) is 6.61 Å². The van der Waals surface area contributed by atoms with Crippen LogP contribution in [0.3, 0.4) is 0 Å². The number of carbonyl (C=O) groups is 2. The average molecular weight is 358 g/mol. The Morgan fingerprint density at radius 1 is 1.35 bits per heavy atom. The molecule has 1 fully saturated rings. The third-order valence-corrected chi connectivity index (χ3v) is 5.20. The van der Waals surface area contributed by atoms with E-state index >= 15 is 0 Å². The Balaban J connectivity index is 1.80. The maximum Gasteiger partial charge on any atom is 0.330 e. The first-order chi connectivity index (χ1) is 12.3. The molecule has 0 saturated heterocycles. The Morgan fingerprint density at radius 2 is 2.04 bits per heavy atom. The summed E-state index contributed by atoms with van der Waals surface area (Å²) in [6, 6.07) is 9.23. The van der Waals surface area contributed by atoms with Gasteiger partial charge in [-0.3, -0.25) is 4.79 Å². The molecule has 8 heteroatoms. The molecule has 0 bridgehead atoms. The topological polar surface area (TPSA) is 106 Å². The number of carboxylic acid groups (broad SMARTS) is 1. The van der Waals surface area contributed by atoms with Crippen LogP contribution >= 0.6 is 0 Å². The number of rotatable bonds is 6. The number of nitrogens with one attached hydrogen (secondary N) is 1. The lowest BCUT2D eigenvalue weighted by Crippen LogP contribution is -2.76. The van der Waals surface area contributed by atoms with Crippen LogP contribution in [0.1, 0.15) is 37.7 Å². The molecule has 0 aliphatic heterocycles. The number of hydrogen-bond acceptors (Lipinski definition) is 5. The normalized spacial score (nSPS) is 23.9. The fraction of sp³-hybridized carbons (Fsp3) is 0.444. The van der Waals surface area contributed by atoms with Gasteiger partial charge in [-0.1, -0.05) is 37.3 Å². The first kappa shape index (κ1) is 18.1. The number of nitrogens with zero attached hydrogens (tertiary/aromatic N) is 3. The van der Waals surface area contributed by atoms with Crippen molar-refractivity contribution < 1.29 is 19.4 Å². The molecule has 1 aromatic carbocycles. The van der Waals surface area contributed by atoms with E-state index in [4.69, 9.17) is 4.74 Å². The molecule has 3 rings (SSSR count). The highest BCUT2D eigenvalue weighted by Gasteiger charge is 2.66. The summed E-state index contributed by atoms with van der Waals surface area (Å²) in [7, 11) is 0. The first-order valence-corrected chi connectivity index (χ1v) is 8.47. The maximum absolute atomic E-state index is 12.6. The standard InChI is InChI=1S/C18H22N4O4/c1-4-26-14-10-18(16(24)25,17(14,2)3)19-15(23)13-11-22(21-20-13)12-8-6-5-7-9-12/h5-9,11,14H,4,10H2,1-3H3,(H,19,23)(H,24,25). The number of para-hydroxylation sites is 1. The maximum atomic E-state index is 12.6. The van der Waals surface area contributed by atoms with Crippen molar-refractivity contribution in [2.75, 3.05) is 6.61 Å². The second-order valence-electron chi connectivity index (χ2n) is 6.92. The second-order valence-corrected chi connectivity index (χ2v) is 6.92. The minimum absolute atomic E-state index is 0.0603. The van der Waals surface area contributed by atoms with Crippen molar-refractivity contribution in [1.29, 1.82) is 0 Å². The number of carboxylic acids is 1. The van der Waals surface area contributed by atoms with Crippen LogP contribution in [-0.2, 0) is 9.53 Å². The van der Waals surface area contributed by atoms with Crippen molar-refractivity contribution in [2.24, 2.45) is 5.41 Å². The van der Waals surface area contributed by atoms with Crippen molar-refractivity contribution in [3.8, 4) is 5.69 Å². The second kappa shape index (κ2) is 6.53. The molecular formula is C18H22N4O4. The summed E-state index contributed by atoms with van der Waals surface area (Å²) in [6.07, 6.45) is 1.46. The molecule has 2 atom stereocenters. The van der Waals surface area contributed by atoms with E-state index in [-0.39, 0.29) is 18.2 Å². The zero-order valence-electron chi connectivity index (χ0n) is 15.0. The molecule has 1 amide bonds. The van der Waals surface area contributed by atoms with Gasteiger partial charge in [0.15, 0.2) is 5.69 Å². The molecule has 2 unspecified atom stereocenters. The van der Waals surface area contributed by atoms with E-state index in [1.807, 2.05) is 37.3 Å². The quantitative estimate of drug-likeness (QED) is 0.813. The summed E-state index contributed by atoms with van der Waals surface area (Å²) in [5.74, 6) is -1.65. The molecule has 0 radical (unpaired) electrons. The summed E-state index contributed by atoms with van der Waals surface area (Å²) in [6.45, 7) is 5.92. The minimum Gasteiger partial charge on any atom is -0.479 e. The Bertz CT molecular complexity index is 818. The third-order valence-electron chi connectivity index (χ3n) is 5.20. The SMILES string of the molecule is CCOC1CC(NC(=O)c2cn(-c3ccccc3)nn2)(C(=O)O)C1(C)C. The third kappa shape index (κ3) is 2.76. The van der Waals surface area contributed by atoms with Crippen molar-refractivity contribution in [1.82, 2.24) is 20.3 Å². The summed E-state index contributed by atoms with van der Waals surface area (Å²) >= 11 is 0. The summed E-state index contributed by atoms with van der Waals surface area (Å²) < 4.78 is 7.07. The van der Waals surface area contributed by atoms with Crippen molar-refractivity contribution in [3.63, 3.8) is 0 Å². The van der Waals surface area contributed by atoms with Crippen LogP contribution in [0, 0.1) is 5.41 Å². The zero-order valence-corrected chi connectivity index (χ0v) is 15.0. The van der Waals surface area contributed by atoms with Crippen LogP contribution in [0.4, 0.5) is 0 Å². The van der Waals surface area contributed by atoms with Crippen LogP contribution in [0.2, 0.25) is 0 Å². The predicted molar refractivity (Wildman–Crippen MR) is 93.0 cm³/mol. The Kier molecular flexibility index (Phi) is 4.53. The Labute approximate surface area is 151 Å². The number of hydrogen-bond donors (Lipinski definition) is 2. The van der Waals surface area contributed by atoms with Gasteiger partial charge in [0.25, 0.3) is 5.91 Å². The Morgan fingerprint density at radius 3 is 2.62 bits per heavy atom. The molecule has 1 saturated carbocycles. The van der Waals surface area contributed by atoms with Gasteiger partial charge in [0.2, 0.25) is 0 Å². The lowest BCUT2D eigenvalue weighted by molar-refractivity contribution is -0.190. The lowest BCUT2D eigenvalue weighted by atomic mass is 9.54. The number of benzene rings is 1. The van der Waals surface area contributed by atoms with Crippen LogP contribution < -0.4 is 5.32 Å². The molecule has 2 N–H and O–H groups in total. The molecule has 0 spiro atoms. The van der Waals surface area contributed by atoms with E-state index in [1.165, 1.54) is 10.9 Å². The van der Waals surface area contributed by atoms with Crippen molar-refractivity contribution in [3.05, 3.63) is 42.2 Å². The monoisotopic (exact) mass is 358 g/mol. The summed E-state index contributed by atoms with van der Waals surface area (Å²) in [5.41, 5.74) is -1.34. The highest BCUT2D eigenvalue weighted by Crippen LogP contribution is 2.51. The first-order valence-electron chi connectivity index (χ1n) is 8.47. The van der Waals surface area contributed by atoms with Gasteiger partial charge in [-0.2, -0.15) is 0 Å². The zero-order chi connectivity index (χ0) is 18.9. The largest absolute Gasteiger partial charge is 0.479 e. The van der Waals surface area contributed by atoms with Gasteiger partial charge in [0, 0.05) is 18.4 Å². The van der Waals surface area contributed by atoms with Gasteiger partial charge >= 0.3 is 5.97 Å². The highest BCUT2D eigenvalue weighted by atomic mass is 16.5. The molecular weight excluding hydrogens is 336 g/mol. The molecule has 2 aromatic rings. The van der Waals surface area contributed by atoms with Gasteiger partial charge in [0.1, 0.15) is 5.54 Å². The van der Waals surface area contributed by atoms with E-state index in [2.05, 4.69) is 15.6 Å². The average Bonchev–Trinajstić information content (AvgIpc) is 3.11. The lowest BCUT2D eigenvalue weighted by Gasteiger charge is -2.58. The number of aliphatic carboxylic acids is 1. The van der Waals surface area contributed by atoms with Crippen LogP contribution in [0.5, 0.6) is 0 Å². The van der Waals surface area contributed by atoms with Crippen molar-refractivity contribution in [2.45, 2.75) is 38.8 Å².